The van der Waals surface area contributed by atoms with Gasteiger partial charge in [0.1, 0.15) is 11.2 Å². The Balaban J connectivity index is 1.13. The molecule has 0 bridgehead atoms. The Bertz CT molecular complexity index is 1660. The molecule has 220 valence electrons. The van der Waals surface area contributed by atoms with Crippen molar-refractivity contribution in [2.24, 2.45) is 5.41 Å². The summed E-state index contributed by atoms with van der Waals surface area (Å²) < 4.78 is 8.57. The molecule has 1 aliphatic rings. The number of hydrogen-bond donors (Lipinski definition) is 1. The second kappa shape index (κ2) is 12.5. The second-order valence-electron chi connectivity index (χ2n) is 10.9. The summed E-state index contributed by atoms with van der Waals surface area (Å²) in [7, 11) is 1.70. The predicted molar refractivity (Wildman–Crippen MR) is 168 cm³/mol. The maximum absolute atomic E-state index is 13.1. The van der Waals surface area contributed by atoms with E-state index in [9.17, 15) is 14.4 Å². The van der Waals surface area contributed by atoms with Crippen molar-refractivity contribution in [2.45, 2.75) is 46.7 Å². The van der Waals surface area contributed by atoms with E-state index in [4.69, 9.17) is 4.74 Å². The van der Waals surface area contributed by atoms with Gasteiger partial charge in [-0.1, -0.05) is 6.07 Å². The molecule has 2 amide bonds. The van der Waals surface area contributed by atoms with Crippen LogP contribution < -0.4 is 25.4 Å². The summed E-state index contributed by atoms with van der Waals surface area (Å²) >= 11 is 1.48. The lowest BCUT2D eigenvalue weighted by Gasteiger charge is -2.27. The Labute approximate surface area is 249 Å². The minimum Gasteiger partial charge on any atom is -0.493 e. The average Bonchev–Trinajstić information content (AvgIpc) is 3.47. The van der Waals surface area contributed by atoms with Crippen molar-refractivity contribution in [3.8, 4) is 5.75 Å². The van der Waals surface area contributed by atoms with E-state index in [1.165, 1.54) is 11.3 Å². The quantitative estimate of drug-likeness (QED) is 0.203. The van der Waals surface area contributed by atoms with Gasteiger partial charge in [0.05, 0.1) is 22.7 Å². The molecule has 10 heteroatoms. The Morgan fingerprint density at radius 1 is 1.05 bits per heavy atom. The van der Waals surface area contributed by atoms with Crippen LogP contribution in [0.3, 0.4) is 0 Å². The number of nitrogens with one attached hydrogen (secondary N) is 1. The van der Waals surface area contributed by atoms with Gasteiger partial charge in [-0.05, 0) is 80.4 Å². The van der Waals surface area contributed by atoms with Gasteiger partial charge in [0.25, 0.3) is 5.56 Å². The summed E-state index contributed by atoms with van der Waals surface area (Å²) in [6, 6.07) is 13.5. The third-order valence-electron chi connectivity index (χ3n) is 7.78. The van der Waals surface area contributed by atoms with Gasteiger partial charge >= 0.3 is 0 Å². The van der Waals surface area contributed by atoms with Crippen LogP contribution >= 0.6 is 11.3 Å². The number of amides is 2. The van der Waals surface area contributed by atoms with Crippen molar-refractivity contribution in [3.63, 3.8) is 0 Å². The summed E-state index contributed by atoms with van der Waals surface area (Å²) in [5, 5.41) is 6.41. The Morgan fingerprint density at radius 2 is 1.88 bits per heavy atom. The fourth-order valence-corrected chi connectivity index (χ4v) is 6.17. The molecule has 0 atom stereocenters. The van der Waals surface area contributed by atoms with Gasteiger partial charge in [0, 0.05) is 57.3 Å². The highest BCUT2D eigenvalue weighted by Gasteiger charge is 2.45. The first-order chi connectivity index (χ1) is 20.2. The van der Waals surface area contributed by atoms with Crippen molar-refractivity contribution in [1.82, 2.24) is 14.9 Å². The summed E-state index contributed by atoms with van der Waals surface area (Å²) in [6.07, 6.45) is 5.11. The van der Waals surface area contributed by atoms with Crippen molar-refractivity contribution >= 4 is 44.6 Å². The number of thiophene rings is 1. The van der Waals surface area contributed by atoms with E-state index in [0.717, 1.165) is 34.3 Å². The van der Waals surface area contributed by atoms with Crippen LogP contribution in [0.4, 0.5) is 11.4 Å². The van der Waals surface area contributed by atoms with Crippen LogP contribution in [0.5, 0.6) is 5.75 Å². The number of aromatic nitrogens is 2. The molecule has 4 heterocycles. The molecule has 1 N–H and O–H groups in total. The highest BCUT2D eigenvalue weighted by atomic mass is 32.1. The van der Waals surface area contributed by atoms with Crippen molar-refractivity contribution < 1.29 is 14.3 Å². The largest absolute Gasteiger partial charge is 0.493 e. The number of benzene rings is 1. The number of hydrogen-bond acceptors (Lipinski definition) is 7. The molecule has 1 aliphatic heterocycles. The molecule has 0 radical (unpaired) electrons. The molecule has 0 fully saturated rings. The van der Waals surface area contributed by atoms with Gasteiger partial charge in [-0.15, -0.1) is 11.3 Å². The molecule has 1 aromatic carbocycles. The first kappa shape index (κ1) is 29.5. The van der Waals surface area contributed by atoms with Crippen LogP contribution in [0.2, 0.25) is 0 Å². The number of carbonyl (C=O) groups is 2. The van der Waals surface area contributed by atoms with E-state index in [2.05, 4.69) is 16.4 Å². The maximum atomic E-state index is 13.1. The van der Waals surface area contributed by atoms with E-state index in [1.54, 1.807) is 41.5 Å². The number of ether oxygens (including phenoxy) is 1. The highest BCUT2D eigenvalue weighted by molar-refractivity contribution is 7.17. The maximum Gasteiger partial charge on any atom is 0.268 e. The minimum atomic E-state index is -1.14. The molecule has 4 aromatic rings. The minimum absolute atomic E-state index is 0.0471. The zero-order chi connectivity index (χ0) is 29.9. The lowest BCUT2D eigenvalue weighted by atomic mass is 9.90. The van der Waals surface area contributed by atoms with Gasteiger partial charge in [-0.3, -0.25) is 19.4 Å². The SMILES string of the molecule is CCN1C(=O)C(C)(C)C(=O)N(C)c2cc(OCCCNCc3cccnc3CCn3ccc4ccsc4c3=O)ccc21. The van der Waals surface area contributed by atoms with E-state index >= 15 is 0 Å². The molecular weight excluding hydrogens is 550 g/mol. The van der Waals surface area contributed by atoms with Crippen LogP contribution in [-0.2, 0) is 29.1 Å². The summed E-state index contributed by atoms with van der Waals surface area (Å²) in [5.41, 5.74) is 2.37. The number of fused-ring (bicyclic) bond motifs is 2. The smallest absolute Gasteiger partial charge is 0.268 e. The van der Waals surface area contributed by atoms with Crippen molar-refractivity contribution in [2.75, 3.05) is 36.5 Å². The average molecular weight is 588 g/mol. The van der Waals surface area contributed by atoms with Gasteiger partial charge < -0.3 is 24.4 Å². The number of pyridine rings is 2. The Kier molecular flexibility index (Phi) is 8.74. The fraction of sp³-hybridized carbons (Fsp3) is 0.375. The second-order valence-corrected chi connectivity index (χ2v) is 11.9. The Morgan fingerprint density at radius 3 is 2.69 bits per heavy atom. The number of carbonyl (C=O) groups excluding carboxylic acids is 2. The van der Waals surface area contributed by atoms with Gasteiger partial charge in [0.15, 0.2) is 0 Å². The first-order valence-electron chi connectivity index (χ1n) is 14.3. The first-order valence-corrected chi connectivity index (χ1v) is 15.2. The van der Waals surface area contributed by atoms with E-state index < -0.39 is 5.41 Å². The van der Waals surface area contributed by atoms with Gasteiger partial charge in [-0.25, -0.2) is 0 Å². The Hall–Kier alpha value is -4.02. The monoisotopic (exact) mass is 587 g/mol. The van der Waals surface area contributed by atoms with Crippen molar-refractivity contribution in [1.29, 1.82) is 0 Å². The van der Waals surface area contributed by atoms with Crippen molar-refractivity contribution in [3.05, 3.63) is 81.8 Å². The molecule has 0 unspecified atom stereocenters. The van der Waals surface area contributed by atoms with E-state index in [-0.39, 0.29) is 17.4 Å². The normalized spacial score (nSPS) is 14.8. The van der Waals surface area contributed by atoms with Gasteiger partial charge in [-0.2, -0.15) is 0 Å². The predicted octanol–water partition coefficient (Wildman–Crippen LogP) is 4.61. The molecule has 42 heavy (non-hydrogen) atoms. The highest BCUT2D eigenvalue weighted by Crippen LogP contribution is 2.40. The van der Waals surface area contributed by atoms with Crippen LogP contribution in [0.15, 0.2) is 65.0 Å². The summed E-state index contributed by atoms with van der Waals surface area (Å²) in [5.74, 6) is 0.212. The lowest BCUT2D eigenvalue weighted by molar-refractivity contribution is -0.137. The fourth-order valence-electron chi connectivity index (χ4n) is 5.33. The molecule has 9 nitrogen and oxygen atoms in total. The summed E-state index contributed by atoms with van der Waals surface area (Å²) in [4.78, 5) is 46.7. The van der Waals surface area contributed by atoms with Crippen LogP contribution in [0.25, 0.3) is 10.1 Å². The molecule has 0 saturated heterocycles. The van der Waals surface area contributed by atoms with Crippen LogP contribution in [0.1, 0.15) is 38.4 Å². The molecule has 3 aromatic heterocycles. The molecule has 0 spiro atoms. The van der Waals surface area contributed by atoms with Crippen LogP contribution in [-0.4, -0.2) is 48.1 Å². The molecular formula is C32H37N5O4S. The number of anilines is 2. The van der Waals surface area contributed by atoms with Gasteiger partial charge in [0.2, 0.25) is 11.8 Å². The molecule has 0 saturated carbocycles. The number of rotatable bonds is 11. The third-order valence-corrected chi connectivity index (χ3v) is 8.69. The van der Waals surface area contributed by atoms with E-state index in [0.29, 0.717) is 49.8 Å². The van der Waals surface area contributed by atoms with Crippen LogP contribution in [0, 0.1) is 5.41 Å². The number of aryl methyl sites for hydroxylation is 2. The third kappa shape index (κ3) is 5.82. The topological polar surface area (TPSA) is 96.8 Å². The zero-order valence-electron chi connectivity index (χ0n) is 24.6. The zero-order valence-corrected chi connectivity index (χ0v) is 25.4. The molecule has 0 aliphatic carbocycles. The van der Waals surface area contributed by atoms with E-state index in [1.807, 2.05) is 54.9 Å². The number of nitrogens with zero attached hydrogens (tertiary/aromatic N) is 4. The lowest BCUT2D eigenvalue weighted by Crippen LogP contribution is -2.47. The molecule has 5 rings (SSSR count). The standard InChI is InChI=1S/C32H37N5O4S/c1-5-37-26-10-9-24(20-27(26)35(4)30(39)32(2,3)31(37)40)41-18-7-14-33-21-23-8-6-15-34-25(23)12-17-36-16-11-22-13-19-42-28(22)29(36)38/h6,8-11,13,15-16,19-20,33H,5,7,12,14,17-18,21H2,1-4H3. The summed E-state index contributed by atoms with van der Waals surface area (Å²) in [6.45, 7) is 8.23.